The molecule has 1 amide bonds. The Morgan fingerprint density at radius 3 is 2.40 bits per heavy atom. The number of benzene rings is 3. The molecular weight excluding hydrogens is 524 g/mol. The van der Waals surface area contributed by atoms with Gasteiger partial charge < -0.3 is 10.0 Å². The maximum atomic E-state index is 13.6. The van der Waals surface area contributed by atoms with Gasteiger partial charge >= 0.3 is 0 Å². The van der Waals surface area contributed by atoms with Crippen LogP contribution in [0.5, 0.6) is 0 Å². The molecule has 4 aromatic rings. The molecule has 2 atom stereocenters. The molecule has 2 unspecified atom stereocenters. The summed E-state index contributed by atoms with van der Waals surface area (Å²) in [5.41, 5.74) is 4.98. The Kier molecular flexibility index (Phi) is 8.35. The number of carbonyl (C=O) groups is 1. The van der Waals surface area contributed by atoms with Crippen molar-refractivity contribution in [3.63, 3.8) is 0 Å². The van der Waals surface area contributed by atoms with E-state index in [0.717, 1.165) is 28.7 Å². The Morgan fingerprint density at radius 2 is 1.70 bits per heavy atom. The van der Waals surface area contributed by atoms with Crippen molar-refractivity contribution in [1.82, 2.24) is 14.7 Å². The predicted octanol–water partition coefficient (Wildman–Crippen LogP) is 4.14. The standard InChI is InChI=1S/C31H32N4O4S/c1-2-22-8-13-27(14-9-22)40(38,39)34-31-28-17-26(12-11-25(28)16-29(31)36)35(20-24-18-32-21-33-19-24)30(37)15-10-23-6-4-3-5-7-23/h3-9,11-14,17-19,21,29,31,34,36H,2,10,15-16,20H2,1H3. The van der Waals surface area contributed by atoms with Gasteiger partial charge in [-0.2, -0.15) is 0 Å². The minimum atomic E-state index is -3.89. The third-order valence-corrected chi connectivity index (χ3v) is 8.70. The van der Waals surface area contributed by atoms with Crippen LogP contribution in [-0.2, 0) is 40.6 Å². The van der Waals surface area contributed by atoms with Crippen molar-refractivity contribution in [1.29, 1.82) is 0 Å². The Balaban J connectivity index is 1.43. The van der Waals surface area contributed by atoms with E-state index in [1.54, 1.807) is 41.6 Å². The first kappa shape index (κ1) is 27.6. The molecule has 1 aliphatic carbocycles. The number of fused-ring (bicyclic) bond motifs is 1. The summed E-state index contributed by atoms with van der Waals surface area (Å²) in [5.74, 6) is -0.0839. The number of aromatic nitrogens is 2. The van der Waals surface area contributed by atoms with Crippen LogP contribution < -0.4 is 9.62 Å². The van der Waals surface area contributed by atoms with Crippen LogP contribution >= 0.6 is 0 Å². The van der Waals surface area contributed by atoms with Gasteiger partial charge in [0, 0.05) is 36.5 Å². The van der Waals surface area contributed by atoms with E-state index in [1.807, 2.05) is 55.5 Å². The predicted molar refractivity (Wildman–Crippen MR) is 153 cm³/mol. The fourth-order valence-corrected chi connectivity index (χ4v) is 6.25. The summed E-state index contributed by atoms with van der Waals surface area (Å²) < 4.78 is 29.2. The number of amides is 1. The van der Waals surface area contributed by atoms with Gasteiger partial charge in [0.15, 0.2) is 0 Å². The zero-order valence-electron chi connectivity index (χ0n) is 22.3. The number of hydrogen-bond donors (Lipinski definition) is 2. The monoisotopic (exact) mass is 556 g/mol. The molecule has 8 nitrogen and oxygen atoms in total. The number of aliphatic hydroxyl groups is 1. The molecule has 0 spiro atoms. The molecule has 1 aromatic heterocycles. The Hall–Kier alpha value is -3.92. The Labute approximate surface area is 234 Å². The van der Waals surface area contributed by atoms with Crippen molar-refractivity contribution in [3.05, 3.63) is 119 Å². The van der Waals surface area contributed by atoms with E-state index in [4.69, 9.17) is 0 Å². The van der Waals surface area contributed by atoms with E-state index >= 15 is 0 Å². The minimum absolute atomic E-state index is 0.0839. The van der Waals surface area contributed by atoms with Crippen LogP contribution in [0.4, 0.5) is 5.69 Å². The average molecular weight is 557 g/mol. The summed E-state index contributed by atoms with van der Waals surface area (Å²) in [7, 11) is -3.89. The van der Waals surface area contributed by atoms with Crippen LogP contribution in [0.2, 0.25) is 0 Å². The summed E-state index contributed by atoms with van der Waals surface area (Å²) in [6, 6.07) is 21.2. The third kappa shape index (κ3) is 6.28. The Bertz CT molecular complexity index is 1560. The number of nitrogens with zero attached hydrogens (tertiary/aromatic N) is 3. The van der Waals surface area contributed by atoms with Gasteiger partial charge in [-0.1, -0.05) is 55.5 Å². The molecule has 206 valence electrons. The third-order valence-electron chi connectivity index (χ3n) is 7.24. The molecule has 9 heteroatoms. The smallest absolute Gasteiger partial charge is 0.241 e. The number of nitrogens with one attached hydrogen (secondary N) is 1. The van der Waals surface area contributed by atoms with E-state index in [1.165, 1.54) is 6.33 Å². The van der Waals surface area contributed by atoms with Crippen LogP contribution in [0, 0.1) is 0 Å². The first-order valence-electron chi connectivity index (χ1n) is 13.3. The highest BCUT2D eigenvalue weighted by molar-refractivity contribution is 7.89. The fraction of sp³-hybridized carbons (Fsp3) is 0.258. The largest absolute Gasteiger partial charge is 0.391 e. The number of hydrogen-bond acceptors (Lipinski definition) is 6. The van der Waals surface area contributed by atoms with Crippen molar-refractivity contribution >= 4 is 21.6 Å². The number of aryl methyl sites for hydroxylation is 2. The zero-order valence-corrected chi connectivity index (χ0v) is 23.1. The second-order valence-corrected chi connectivity index (χ2v) is 11.7. The van der Waals surface area contributed by atoms with Crippen molar-refractivity contribution in [2.24, 2.45) is 0 Å². The number of aliphatic hydroxyl groups excluding tert-OH is 1. The highest BCUT2D eigenvalue weighted by atomic mass is 32.2. The van der Waals surface area contributed by atoms with Crippen molar-refractivity contribution in [2.75, 3.05) is 4.90 Å². The van der Waals surface area contributed by atoms with Gasteiger partial charge in [0.2, 0.25) is 15.9 Å². The van der Waals surface area contributed by atoms with Crippen LogP contribution in [-0.4, -0.2) is 35.5 Å². The first-order valence-corrected chi connectivity index (χ1v) is 14.8. The highest BCUT2D eigenvalue weighted by Gasteiger charge is 2.35. The van der Waals surface area contributed by atoms with E-state index in [2.05, 4.69) is 14.7 Å². The molecule has 1 heterocycles. The van der Waals surface area contributed by atoms with Gasteiger partial charge in [-0.05, 0) is 59.4 Å². The number of rotatable bonds is 10. The summed E-state index contributed by atoms with van der Waals surface area (Å²) in [4.78, 5) is 23.5. The summed E-state index contributed by atoms with van der Waals surface area (Å²) in [5, 5.41) is 10.9. The summed E-state index contributed by atoms with van der Waals surface area (Å²) in [6.07, 6.45) is 5.84. The topological polar surface area (TPSA) is 112 Å². The number of carbonyl (C=O) groups excluding carboxylic acids is 1. The second-order valence-electron chi connectivity index (χ2n) is 9.96. The molecule has 0 radical (unpaired) electrons. The lowest BCUT2D eigenvalue weighted by atomic mass is 10.1. The molecule has 0 aliphatic heterocycles. The quantitative estimate of drug-likeness (QED) is 0.304. The van der Waals surface area contributed by atoms with E-state index < -0.39 is 22.2 Å². The average Bonchev–Trinajstić information content (AvgIpc) is 3.29. The molecule has 40 heavy (non-hydrogen) atoms. The fourth-order valence-electron chi connectivity index (χ4n) is 5.01. The van der Waals surface area contributed by atoms with Crippen molar-refractivity contribution < 1.29 is 18.3 Å². The van der Waals surface area contributed by atoms with Gasteiger partial charge in [-0.3, -0.25) is 4.79 Å². The SMILES string of the molecule is CCc1ccc(S(=O)(=O)NC2c3cc(N(Cc4cncnc4)C(=O)CCc4ccccc4)ccc3CC2O)cc1. The van der Waals surface area contributed by atoms with Crippen LogP contribution in [0.15, 0.2) is 96.4 Å². The first-order chi connectivity index (χ1) is 19.3. The van der Waals surface area contributed by atoms with Crippen LogP contribution in [0.25, 0.3) is 0 Å². The maximum absolute atomic E-state index is 13.6. The van der Waals surface area contributed by atoms with E-state index in [9.17, 15) is 18.3 Å². The van der Waals surface area contributed by atoms with Crippen molar-refractivity contribution in [3.8, 4) is 0 Å². The Morgan fingerprint density at radius 1 is 0.975 bits per heavy atom. The molecule has 0 saturated carbocycles. The lowest BCUT2D eigenvalue weighted by Crippen LogP contribution is -2.34. The summed E-state index contributed by atoms with van der Waals surface area (Å²) in [6.45, 7) is 2.27. The number of anilines is 1. The van der Waals surface area contributed by atoms with Crippen molar-refractivity contribution in [2.45, 2.75) is 56.2 Å². The molecule has 3 aromatic carbocycles. The molecule has 0 saturated heterocycles. The molecule has 1 aliphatic rings. The lowest BCUT2D eigenvalue weighted by Gasteiger charge is -2.25. The second kappa shape index (κ2) is 12.1. The van der Waals surface area contributed by atoms with E-state index in [-0.39, 0.29) is 17.3 Å². The summed E-state index contributed by atoms with van der Waals surface area (Å²) >= 11 is 0. The number of sulfonamides is 1. The van der Waals surface area contributed by atoms with Gasteiger partial charge in [-0.15, -0.1) is 0 Å². The molecule has 5 rings (SSSR count). The maximum Gasteiger partial charge on any atom is 0.241 e. The van der Waals surface area contributed by atoms with Gasteiger partial charge in [0.05, 0.1) is 23.6 Å². The highest BCUT2D eigenvalue weighted by Crippen LogP contribution is 2.36. The molecular formula is C31H32N4O4S. The minimum Gasteiger partial charge on any atom is -0.391 e. The molecule has 0 bridgehead atoms. The van der Waals surface area contributed by atoms with Gasteiger partial charge in [0.1, 0.15) is 6.33 Å². The normalized spacial score (nSPS) is 16.4. The van der Waals surface area contributed by atoms with Gasteiger partial charge in [0.25, 0.3) is 0 Å². The van der Waals surface area contributed by atoms with Crippen LogP contribution in [0.1, 0.15) is 47.2 Å². The van der Waals surface area contributed by atoms with Gasteiger partial charge in [-0.25, -0.2) is 23.1 Å². The molecule has 2 N–H and O–H groups in total. The zero-order chi connectivity index (χ0) is 28.1. The molecule has 0 fully saturated rings. The van der Waals surface area contributed by atoms with E-state index in [0.29, 0.717) is 30.5 Å². The lowest BCUT2D eigenvalue weighted by molar-refractivity contribution is -0.118. The van der Waals surface area contributed by atoms with Crippen LogP contribution in [0.3, 0.4) is 0 Å².